The van der Waals surface area contributed by atoms with E-state index in [1.165, 1.54) is 0 Å². The molecule has 1 heterocycles. The maximum Gasteiger partial charge on any atom is 0.321 e. The van der Waals surface area contributed by atoms with Crippen molar-refractivity contribution in [3.05, 3.63) is 24.3 Å². The van der Waals surface area contributed by atoms with E-state index in [0.29, 0.717) is 31.2 Å². The van der Waals surface area contributed by atoms with E-state index in [4.69, 9.17) is 4.74 Å². The van der Waals surface area contributed by atoms with E-state index < -0.39 is 0 Å². The molecular weight excluding hydrogens is 294 g/mol. The first kappa shape index (κ1) is 17.1. The number of rotatable bonds is 5. The molecule has 6 heteroatoms. The molecule has 0 aromatic heterocycles. The van der Waals surface area contributed by atoms with Gasteiger partial charge in [-0.25, -0.2) is 4.79 Å². The van der Waals surface area contributed by atoms with Crippen LogP contribution >= 0.6 is 0 Å². The number of amides is 3. The molecule has 2 rings (SSSR count). The third-order valence-electron chi connectivity index (χ3n) is 4.04. The number of ether oxygens (including phenoxy) is 1. The second kappa shape index (κ2) is 8.41. The van der Waals surface area contributed by atoms with Crippen LogP contribution in [0.25, 0.3) is 0 Å². The van der Waals surface area contributed by atoms with Crippen LogP contribution in [0.15, 0.2) is 24.3 Å². The Morgan fingerprint density at radius 2 is 2.22 bits per heavy atom. The topological polar surface area (TPSA) is 70.7 Å². The van der Waals surface area contributed by atoms with E-state index in [9.17, 15) is 9.59 Å². The maximum absolute atomic E-state index is 12.4. The van der Waals surface area contributed by atoms with Gasteiger partial charge in [-0.3, -0.25) is 4.79 Å². The van der Waals surface area contributed by atoms with Crippen molar-refractivity contribution in [2.45, 2.75) is 26.2 Å². The number of carbonyl (C=O) groups excluding carboxylic acids is 2. The molecule has 1 aromatic carbocycles. The molecule has 1 aromatic rings. The highest BCUT2D eigenvalue weighted by Crippen LogP contribution is 2.20. The number of hydrogen-bond donors (Lipinski definition) is 2. The van der Waals surface area contributed by atoms with Gasteiger partial charge in [0, 0.05) is 37.8 Å². The lowest BCUT2D eigenvalue weighted by molar-refractivity contribution is -0.121. The number of nitrogens with zero attached hydrogens (tertiary/aromatic N) is 1. The SMILES string of the molecule is CCC(=O)NC[C@@H]1CCCN(C(=O)Nc2cccc(OC)c2)C1. The Morgan fingerprint density at radius 1 is 1.39 bits per heavy atom. The van der Waals surface area contributed by atoms with Crippen molar-refractivity contribution in [2.75, 3.05) is 32.1 Å². The predicted octanol–water partition coefficient (Wildman–Crippen LogP) is 2.47. The van der Waals surface area contributed by atoms with Crippen LogP contribution < -0.4 is 15.4 Å². The van der Waals surface area contributed by atoms with E-state index in [0.717, 1.165) is 25.1 Å². The average Bonchev–Trinajstić information content (AvgIpc) is 2.60. The molecule has 0 saturated carbocycles. The quantitative estimate of drug-likeness (QED) is 0.876. The van der Waals surface area contributed by atoms with E-state index >= 15 is 0 Å². The van der Waals surface area contributed by atoms with Crippen molar-refractivity contribution < 1.29 is 14.3 Å². The van der Waals surface area contributed by atoms with E-state index in [1.807, 2.05) is 30.0 Å². The van der Waals surface area contributed by atoms with E-state index in [1.54, 1.807) is 13.2 Å². The lowest BCUT2D eigenvalue weighted by Gasteiger charge is -2.32. The first-order valence-corrected chi connectivity index (χ1v) is 8.09. The Hall–Kier alpha value is -2.24. The van der Waals surface area contributed by atoms with Gasteiger partial charge in [-0.2, -0.15) is 0 Å². The predicted molar refractivity (Wildman–Crippen MR) is 89.6 cm³/mol. The number of piperidine rings is 1. The third kappa shape index (κ3) is 5.16. The summed E-state index contributed by atoms with van der Waals surface area (Å²) in [6.45, 7) is 3.88. The first-order valence-electron chi connectivity index (χ1n) is 8.09. The number of carbonyl (C=O) groups is 2. The van der Waals surface area contributed by atoms with Crippen LogP contribution in [0.3, 0.4) is 0 Å². The van der Waals surface area contributed by atoms with E-state index in [-0.39, 0.29) is 11.9 Å². The molecule has 1 fully saturated rings. The molecule has 0 bridgehead atoms. The van der Waals surface area contributed by atoms with Crippen molar-refractivity contribution in [3.63, 3.8) is 0 Å². The van der Waals surface area contributed by atoms with Crippen molar-refractivity contribution in [1.82, 2.24) is 10.2 Å². The fourth-order valence-corrected chi connectivity index (χ4v) is 2.70. The summed E-state index contributed by atoms with van der Waals surface area (Å²) in [6, 6.07) is 7.20. The summed E-state index contributed by atoms with van der Waals surface area (Å²) in [5.74, 6) is 1.08. The molecule has 2 N–H and O–H groups in total. The van der Waals surface area contributed by atoms with Gasteiger partial charge in [0.05, 0.1) is 7.11 Å². The Morgan fingerprint density at radius 3 is 2.96 bits per heavy atom. The van der Waals surface area contributed by atoms with Gasteiger partial charge in [0.25, 0.3) is 0 Å². The molecule has 23 heavy (non-hydrogen) atoms. The summed E-state index contributed by atoms with van der Waals surface area (Å²) in [5, 5.41) is 5.82. The summed E-state index contributed by atoms with van der Waals surface area (Å²) in [6.07, 6.45) is 2.48. The summed E-state index contributed by atoms with van der Waals surface area (Å²) >= 11 is 0. The van der Waals surface area contributed by atoms with Crippen molar-refractivity contribution >= 4 is 17.6 Å². The van der Waals surface area contributed by atoms with E-state index in [2.05, 4.69) is 10.6 Å². The number of methoxy groups -OCH3 is 1. The fourth-order valence-electron chi connectivity index (χ4n) is 2.70. The molecule has 3 amide bonds. The van der Waals surface area contributed by atoms with Crippen LogP contribution in [0.5, 0.6) is 5.75 Å². The highest BCUT2D eigenvalue weighted by Gasteiger charge is 2.24. The molecule has 0 radical (unpaired) electrons. The number of likely N-dealkylation sites (tertiary alicyclic amines) is 1. The number of urea groups is 1. The summed E-state index contributed by atoms with van der Waals surface area (Å²) in [7, 11) is 1.60. The van der Waals surface area contributed by atoms with Gasteiger partial charge in [-0.1, -0.05) is 13.0 Å². The average molecular weight is 319 g/mol. The Bertz CT molecular complexity index is 548. The third-order valence-corrected chi connectivity index (χ3v) is 4.04. The lowest BCUT2D eigenvalue weighted by atomic mass is 9.98. The zero-order chi connectivity index (χ0) is 16.7. The molecule has 126 valence electrons. The summed E-state index contributed by atoms with van der Waals surface area (Å²) in [4.78, 5) is 25.6. The largest absolute Gasteiger partial charge is 0.497 e. The smallest absolute Gasteiger partial charge is 0.321 e. The molecule has 1 atom stereocenters. The zero-order valence-electron chi connectivity index (χ0n) is 13.8. The fraction of sp³-hybridized carbons (Fsp3) is 0.529. The summed E-state index contributed by atoms with van der Waals surface area (Å²) in [5.41, 5.74) is 0.718. The van der Waals surface area contributed by atoms with Gasteiger partial charge in [0.1, 0.15) is 5.75 Å². The Labute approximate surface area is 137 Å². The first-order chi connectivity index (χ1) is 11.1. The van der Waals surface area contributed by atoms with Crippen LogP contribution in [0.2, 0.25) is 0 Å². The monoisotopic (exact) mass is 319 g/mol. The summed E-state index contributed by atoms with van der Waals surface area (Å²) < 4.78 is 5.16. The van der Waals surface area contributed by atoms with Crippen LogP contribution in [0, 0.1) is 5.92 Å². The van der Waals surface area contributed by atoms with Crippen LogP contribution in [0.1, 0.15) is 26.2 Å². The number of hydrogen-bond acceptors (Lipinski definition) is 3. The maximum atomic E-state index is 12.4. The minimum Gasteiger partial charge on any atom is -0.497 e. The van der Waals surface area contributed by atoms with Gasteiger partial charge in [0.15, 0.2) is 0 Å². The Kier molecular flexibility index (Phi) is 6.26. The minimum absolute atomic E-state index is 0.0583. The molecule has 0 spiro atoms. The molecular formula is C17H25N3O3. The van der Waals surface area contributed by atoms with Gasteiger partial charge in [0.2, 0.25) is 5.91 Å². The van der Waals surface area contributed by atoms with Crippen molar-refractivity contribution in [2.24, 2.45) is 5.92 Å². The van der Waals surface area contributed by atoms with Crippen molar-refractivity contribution in [1.29, 1.82) is 0 Å². The van der Waals surface area contributed by atoms with Gasteiger partial charge < -0.3 is 20.3 Å². The minimum atomic E-state index is -0.107. The second-order valence-corrected chi connectivity index (χ2v) is 5.77. The second-order valence-electron chi connectivity index (χ2n) is 5.77. The van der Waals surface area contributed by atoms with Crippen LogP contribution in [-0.4, -0.2) is 43.6 Å². The van der Waals surface area contributed by atoms with Crippen LogP contribution in [-0.2, 0) is 4.79 Å². The zero-order valence-corrected chi connectivity index (χ0v) is 13.8. The molecule has 1 saturated heterocycles. The normalized spacial score (nSPS) is 17.5. The number of benzene rings is 1. The molecule has 1 aliphatic rings. The lowest BCUT2D eigenvalue weighted by Crippen LogP contribution is -2.45. The standard InChI is InChI=1S/C17H25N3O3/c1-3-16(21)18-11-13-6-5-9-20(12-13)17(22)19-14-7-4-8-15(10-14)23-2/h4,7-8,10,13H,3,5-6,9,11-12H2,1-2H3,(H,18,21)(H,19,22)/t13-/m0/s1. The molecule has 0 aliphatic carbocycles. The number of anilines is 1. The van der Waals surface area contributed by atoms with Gasteiger partial charge in [-0.15, -0.1) is 0 Å². The highest BCUT2D eigenvalue weighted by atomic mass is 16.5. The molecule has 0 unspecified atom stereocenters. The Balaban J connectivity index is 1.87. The van der Waals surface area contributed by atoms with Crippen LogP contribution in [0.4, 0.5) is 10.5 Å². The van der Waals surface area contributed by atoms with Gasteiger partial charge >= 0.3 is 6.03 Å². The van der Waals surface area contributed by atoms with Crippen molar-refractivity contribution in [3.8, 4) is 5.75 Å². The number of nitrogens with one attached hydrogen (secondary N) is 2. The molecule has 6 nitrogen and oxygen atoms in total. The molecule has 1 aliphatic heterocycles. The highest BCUT2D eigenvalue weighted by molar-refractivity contribution is 5.89. The van der Waals surface area contributed by atoms with Gasteiger partial charge in [-0.05, 0) is 30.9 Å².